The molecule has 0 bridgehead atoms. The summed E-state index contributed by atoms with van der Waals surface area (Å²) in [6, 6.07) is 0. The standard InChI is InChI=1S/2ClH.6H2O.Ta/h2*1H;6*1H2;/q;;;;;;;;+2/p-2. The fourth-order valence-corrected chi connectivity index (χ4v) is 0. The minimum absolute atomic E-state index is 0. The summed E-state index contributed by atoms with van der Waals surface area (Å²) in [5, 5.41) is 0. The van der Waals surface area contributed by atoms with Crippen LogP contribution in [0.5, 0.6) is 0 Å². The molecular weight excluding hydrogens is 348 g/mol. The van der Waals surface area contributed by atoms with E-state index < -0.39 is 17.6 Å². The Morgan fingerprint density at radius 1 is 0.556 bits per heavy atom. The third-order valence-electron chi connectivity index (χ3n) is 0. The van der Waals surface area contributed by atoms with Crippen LogP contribution >= 0.6 is 18.4 Å². The average Bonchev–Trinajstić information content (AvgIpc) is 0.918. The van der Waals surface area contributed by atoms with E-state index in [-0.39, 0.29) is 32.9 Å². The van der Waals surface area contributed by atoms with Crippen LogP contribution in [-0.2, 0) is 17.6 Å². The molecule has 0 amide bonds. The van der Waals surface area contributed by atoms with Gasteiger partial charge in [0.2, 0.25) is 0 Å². The van der Waals surface area contributed by atoms with Crippen LogP contribution in [-0.4, -0.2) is 32.9 Å². The van der Waals surface area contributed by atoms with E-state index in [1.165, 1.54) is 0 Å². The first kappa shape index (κ1) is 87.6. The zero-order chi connectivity index (χ0) is 2.71. The van der Waals surface area contributed by atoms with E-state index in [9.17, 15) is 0 Å². The van der Waals surface area contributed by atoms with Gasteiger partial charge in [-0.3, -0.25) is 0 Å². The Kier molecular flexibility index (Phi) is 1330. The molecule has 0 unspecified atom stereocenters. The molecule has 0 aromatic heterocycles. The van der Waals surface area contributed by atoms with Crippen LogP contribution in [0.4, 0.5) is 0 Å². The van der Waals surface area contributed by atoms with E-state index in [1.54, 1.807) is 0 Å². The molecule has 0 heterocycles. The third kappa shape index (κ3) is 390. The van der Waals surface area contributed by atoms with Gasteiger partial charge in [0, 0.05) is 0 Å². The summed E-state index contributed by atoms with van der Waals surface area (Å²) in [5.41, 5.74) is 0. The Balaban J connectivity index is -0.00000000133. The van der Waals surface area contributed by atoms with Crippen molar-refractivity contribution < 1.29 is 50.4 Å². The molecule has 0 atom stereocenters. The number of hydrogen-bond acceptors (Lipinski definition) is 0. The Hall–Kier alpha value is 1.08. The predicted octanol–water partition coefficient (Wildman–Crippen LogP) is -3.57. The summed E-state index contributed by atoms with van der Waals surface area (Å²) in [7, 11) is 9.89. The van der Waals surface area contributed by atoms with Crippen molar-refractivity contribution in [3.63, 3.8) is 0 Å². The molecule has 12 N–H and O–H groups in total. The van der Waals surface area contributed by atoms with Crippen LogP contribution in [0.15, 0.2) is 0 Å². The van der Waals surface area contributed by atoms with E-state index in [2.05, 4.69) is 0 Å². The van der Waals surface area contributed by atoms with Gasteiger partial charge in [-0.05, 0) is 0 Å². The zero-order valence-corrected chi connectivity index (χ0v) is 8.93. The van der Waals surface area contributed by atoms with E-state index in [1.807, 2.05) is 0 Å². The molecule has 0 aromatic rings. The van der Waals surface area contributed by atoms with Crippen molar-refractivity contribution in [2.24, 2.45) is 0 Å². The average molecular weight is 360 g/mol. The van der Waals surface area contributed by atoms with Gasteiger partial charge in [-0.1, -0.05) is 0 Å². The van der Waals surface area contributed by atoms with E-state index in [0.29, 0.717) is 0 Å². The van der Waals surface area contributed by atoms with E-state index in [0.717, 1.165) is 0 Å². The van der Waals surface area contributed by atoms with Gasteiger partial charge in [0.05, 0.1) is 0 Å². The summed E-state index contributed by atoms with van der Waals surface area (Å²) >= 11 is -0.889. The van der Waals surface area contributed by atoms with Crippen molar-refractivity contribution in [3.8, 4) is 0 Å². The van der Waals surface area contributed by atoms with Crippen molar-refractivity contribution in [2.45, 2.75) is 0 Å². The first-order chi connectivity index (χ1) is 1.41. The summed E-state index contributed by atoms with van der Waals surface area (Å²) in [6.45, 7) is 0. The van der Waals surface area contributed by atoms with Gasteiger partial charge in [-0.25, -0.2) is 0 Å². The van der Waals surface area contributed by atoms with Gasteiger partial charge in [0.15, 0.2) is 0 Å². The molecule has 0 radical (unpaired) electrons. The molecule has 0 aliphatic heterocycles. The third-order valence-corrected chi connectivity index (χ3v) is 0. The fourth-order valence-electron chi connectivity index (χ4n) is 0. The molecule has 0 saturated heterocycles. The van der Waals surface area contributed by atoms with Crippen LogP contribution in [0.2, 0.25) is 0 Å². The fraction of sp³-hybridized carbons (Fsp3) is 0. The Labute approximate surface area is 69.0 Å². The number of hydrogen-bond donors (Lipinski definition) is 0. The summed E-state index contributed by atoms with van der Waals surface area (Å²) in [5.74, 6) is 0. The molecule has 0 aromatic carbocycles. The topological polar surface area (TPSA) is 189 Å². The molecule has 0 aliphatic carbocycles. The Morgan fingerprint density at radius 3 is 0.556 bits per heavy atom. The molecule has 9 heavy (non-hydrogen) atoms. The molecule has 9 heteroatoms. The van der Waals surface area contributed by atoms with Gasteiger partial charge in [0.25, 0.3) is 0 Å². The van der Waals surface area contributed by atoms with Crippen LogP contribution in [0.25, 0.3) is 0 Å². The van der Waals surface area contributed by atoms with Gasteiger partial charge in [-0.2, -0.15) is 0 Å². The molecule has 6 nitrogen and oxygen atoms in total. The van der Waals surface area contributed by atoms with Gasteiger partial charge < -0.3 is 32.9 Å². The molecule has 0 fully saturated rings. The number of halogens is 2. The van der Waals surface area contributed by atoms with Crippen LogP contribution < -0.4 is 0 Å². The van der Waals surface area contributed by atoms with Crippen LogP contribution in [0, 0.1) is 0 Å². The van der Waals surface area contributed by atoms with Gasteiger partial charge in [-0.15, -0.1) is 0 Å². The molecule has 0 spiro atoms. The summed E-state index contributed by atoms with van der Waals surface area (Å²) in [4.78, 5) is 0. The second kappa shape index (κ2) is 137. The number of rotatable bonds is 0. The van der Waals surface area contributed by atoms with Crippen molar-refractivity contribution in [1.29, 1.82) is 0 Å². The summed E-state index contributed by atoms with van der Waals surface area (Å²) in [6.07, 6.45) is 0. The van der Waals surface area contributed by atoms with Crippen molar-refractivity contribution >= 4 is 18.4 Å². The summed E-state index contributed by atoms with van der Waals surface area (Å²) < 4.78 is 0. The SMILES string of the molecule is O.O.O.O.O.O.[Cl][Ta][Cl]. The van der Waals surface area contributed by atoms with Crippen molar-refractivity contribution in [2.75, 3.05) is 0 Å². The van der Waals surface area contributed by atoms with Crippen LogP contribution in [0.1, 0.15) is 0 Å². The van der Waals surface area contributed by atoms with Crippen LogP contribution in [0.3, 0.4) is 0 Å². The maximum absolute atomic E-state index is 4.94. The minimum atomic E-state index is -0.889. The monoisotopic (exact) mass is 359 g/mol. The maximum atomic E-state index is 4.94. The normalized spacial score (nSPS) is 1.56. The van der Waals surface area contributed by atoms with Gasteiger partial charge in [0.1, 0.15) is 0 Å². The second-order valence-corrected chi connectivity index (χ2v) is 4.71. The molecule has 0 aliphatic rings. The second-order valence-electron chi connectivity index (χ2n) is 0.0639. The Bertz CT molecular complexity index is 11.0. The quantitative estimate of drug-likeness (QED) is 0.413. The molecule has 0 rings (SSSR count). The van der Waals surface area contributed by atoms with Gasteiger partial charge >= 0.3 is 36.0 Å². The zero-order valence-electron chi connectivity index (χ0n) is 4.20. The first-order valence-electron chi connectivity index (χ1n) is 0.338. The molecular formula is H12Cl2O6Ta. The molecule has 67 valence electrons. The predicted molar refractivity (Wildman–Crippen MR) is 33.4 cm³/mol. The van der Waals surface area contributed by atoms with E-state index >= 15 is 0 Å². The van der Waals surface area contributed by atoms with E-state index in [4.69, 9.17) is 18.4 Å². The van der Waals surface area contributed by atoms with Crippen molar-refractivity contribution in [1.82, 2.24) is 0 Å². The first-order valence-corrected chi connectivity index (χ1v) is 8.30. The Morgan fingerprint density at radius 2 is 0.556 bits per heavy atom. The molecule has 0 saturated carbocycles. The van der Waals surface area contributed by atoms with Crippen molar-refractivity contribution in [3.05, 3.63) is 0 Å².